The van der Waals surface area contributed by atoms with Crippen molar-refractivity contribution < 1.29 is 14.3 Å². The molecule has 100 valence electrons. The lowest BCUT2D eigenvalue weighted by atomic mass is 10.2. The molecule has 0 spiro atoms. The van der Waals surface area contributed by atoms with Crippen LogP contribution in [0.3, 0.4) is 0 Å². The largest absolute Gasteiger partial charge is 0.383 e. The Morgan fingerprint density at radius 2 is 2.47 bits per heavy atom. The molecule has 6 heteroatoms. The summed E-state index contributed by atoms with van der Waals surface area (Å²) in [4.78, 5) is 13.8. The lowest BCUT2D eigenvalue weighted by molar-refractivity contribution is -0.124. The van der Waals surface area contributed by atoms with Crippen molar-refractivity contribution in [2.24, 2.45) is 5.73 Å². The average molecular weight is 245 g/mol. The van der Waals surface area contributed by atoms with Crippen molar-refractivity contribution in [3.8, 4) is 0 Å². The van der Waals surface area contributed by atoms with Gasteiger partial charge in [0.1, 0.15) is 6.04 Å². The molecule has 1 heterocycles. The molecule has 1 amide bonds. The minimum atomic E-state index is -0.606. The second kappa shape index (κ2) is 7.60. The molecule has 17 heavy (non-hydrogen) atoms. The first-order valence-electron chi connectivity index (χ1n) is 6.03. The number of rotatable bonds is 6. The van der Waals surface area contributed by atoms with Gasteiger partial charge in [-0.3, -0.25) is 9.69 Å². The summed E-state index contributed by atoms with van der Waals surface area (Å²) in [5, 5.41) is 2.79. The van der Waals surface area contributed by atoms with Gasteiger partial charge in [-0.25, -0.2) is 0 Å². The van der Waals surface area contributed by atoms with Gasteiger partial charge in [-0.2, -0.15) is 0 Å². The lowest BCUT2D eigenvalue weighted by Gasteiger charge is -2.32. The van der Waals surface area contributed by atoms with Crippen LogP contribution in [0.1, 0.15) is 6.92 Å². The van der Waals surface area contributed by atoms with Gasteiger partial charge in [-0.15, -0.1) is 0 Å². The quantitative estimate of drug-likeness (QED) is 0.614. The molecule has 0 aromatic rings. The van der Waals surface area contributed by atoms with E-state index in [2.05, 4.69) is 17.1 Å². The summed E-state index contributed by atoms with van der Waals surface area (Å²) < 4.78 is 10.4. The maximum atomic E-state index is 11.5. The van der Waals surface area contributed by atoms with Crippen molar-refractivity contribution in [3.05, 3.63) is 0 Å². The van der Waals surface area contributed by atoms with Crippen LogP contribution < -0.4 is 11.1 Å². The van der Waals surface area contributed by atoms with Crippen LogP contribution in [0.15, 0.2) is 0 Å². The molecular formula is C11H23N3O3. The van der Waals surface area contributed by atoms with E-state index < -0.39 is 6.04 Å². The van der Waals surface area contributed by atoms with E-state index in [0.29, 0.717) is 6.54 Å². The van der Waals surface area contributed by atoms with E-state index in [0.717, 1.165) is 26.2 Å². The number of hydrogen-bond acceptors (Lipinski definition) is 5. The normalized spacial score (nSPS) is 23.4. The molecule has 1 rings (SSSR count). The fourth-order valence-corrected chi connectivity index (χ4v) is 1.79. The highest BCUT2D eigenvalue weighted by Gasteiger charge is 2.21. The molecule has 1 aliphatic rings. The first kappa shape index (κ1) is 14.4. The van der Waals surface area contributed by atoms with Gasteiger partial charge >= 0.3 is 0 Å². The third-order valence-electron chi connectivity index (χ3n) is 2.86. The number of methoxy groups -OCH3 is 1. The zero-order chi connectivity index (χ0) is 12.7. The maximum absolute atomic E-state index is 11.5. The number of nitrogens with one attached hydrogen (secondary N) is 1. The molecule has 0 saturated carbocycles. The Balaban J connectivity index is 2.23. The molecule has 6 nitrogen and oxygen atoms in total. The van der Waals surface area contributed by atoms with E-state index in [-0.39, 0.29) is 18.6 Å². The lowest BCUT2D eigenvalue weighted by Crippen LogP contribution is -2.50. The predicted octanol–water partition coefficient (Wildman–Crippen LogP) is -1.20. The van der Waals surface area contributed by atoms with Crippen molar-refractivity contribution in [2.75, 3.05) is 46.5 Å². The summed E-state index contributed by atoms with van der Waals surface area (Å²) in [5.74, 6) is -0.191. The van der Waals surface area contributed by atoms with Crippen LogP contribution in [-0.2, 0) is 14.3 Å². The summed E-state index contributed by atoms with van der Waals surface area (Å²) in [7, 11) is 1.52. The van der Waals surface area contributed by atoms with Crippen molar-refractivity contribution in [2.45, 2.75) is 19.1 Å². The van der Waals surface area contributed by atoms with Gasteiger partial charge in [0.15, 0.2) is 0 Å². The summed E-state index contributed by atoms with van der Waals surface area (Å²) >= 11 is 0. The molecule has 1 aliphatic heterocycles. The van der Waals surface area contributed by atoms with Gasteiger partial charge in [-0.1, -0.05) is 6.92 Å². The number of likely N-dealkylation sites (N-methyl/N-ethyl adjacent to an activating group) is 1. The SMILES string of the molecule is CCN1CCOC(CNC(=O)C(N)COC)C1. The van der Waals surface area contributed by atoms with Gasteiger partial charge < -0.3 is 20.5 Å². The summed E-state index contributed by atoms with van der Waals surface area (Å²) in [5.41, 5.74) is 5.61. The molecule has 1 saturated heterocycles. The second-order valence-electron chi connectivity index (χ2n) is 4.19. The number of carbonyl (C=O) groups is 1. The van der Waals surface area contributed by atoms with E-state index in [1.807, 2.05) is 0 Å². The van der Waals surface area contributed by atoms with Gasteiger partial charge in [0.25, 0.3) is 0 Å². The fraction of sp³-hybridized carbons (Fsp3) is 0.909. The number of ether oxygens (including phenoxy) is 2. The Kier molecular flexibility index (Phi) is 6.43. The van der Waals surface area contributed by atoms with Crippen LogP contribution in [0.2, 0.25) is 0 Å². The highest BCUT2D eigenvalue weighted by Crippen LogP contribution is 2.03. The second-order valence-corrected chi connectivity index (χ2v) is 4.19. The summed E-state index contributed by atoms with van der Waals surface area (Å²) in [6.45, 7) is 6.41. The van der Waals surface area contributed by atoms with Crippen LogP contribution >= 0.6 is 0 Å². The standard InChI is InChI=1S/C11H23N3O3/c1-3-14-4-5-17-9(7-14)6-13-11(15)10(12)8-16-2/h9-10H,3-8,12H2,1-2H3,(H,13,15). The Bertz CT molecular complexity index is 238. The molecule has 0 radical (unpaired) electrons. The van der Waals surface area contributed by atoms with Crippen LogP contribution in [0.25, 0.3) is 0 Å². The molecule has 2 atom stereocenters. The van der Waals surface area contributed by atoms with Crippen molar-refractivity contribution in [3.63, 3.8) is 0 Å². The average Bonchev–Trinajstić information content (AvgIpc) is 2.36. The molecule has 0 aromatic carbocycles. The monoisotopic (exact) mass is 245 g/mol. The third kappa shape index (κ3) is 4.99. The van der Waals surface area contributed by atoms with Gasteiger partial charge in [-0.05, 0) is 6.54 Å². The molecule has 0 bridgehead atoms. The Morgan fingerprint density at radius 1 is 1.71 bits per heavy atom. The van der Waals surface area contributed by atoms with E-state index in [1.165, 1.54) is 7.11 Å². The van der Waals surface area contributed by atoms with Crippen LogP contribution in [0.4, 0.5) is 0 Å². The van der Waals surface area contributed by atoms with Crippen LogP contribution in [0, 0.1) is 0 Å². The van der Waals surface area contributed by atoms with E-state index in [9.17, 15) is 4.79 Å². The number of amides is 1. The maximum Gasteiger partial charge on any atom is 0.239 e. The highest BCUT2D eigenvalue weighted by atomic mass is 16.5. The van der Waals surface area contributed by atoms with Crippen LogP contribution in [0.5, 0.6) is 0 Å². The van der Waals surface area contributed by atoms with Gasteiger partial charge in [0.05, 0.1) is 19.3 Å². The summed E-state index contributed by atoms with van der Waals surface area (Å²) in [6.07, 6.45) is 0.0578. The minimum Gasteiger partial charge on any atom is -0.383 e. The smallest absolute Gasteiger partial charge is 0.239 e. The van der Waals surface area contributed by atoms with Crippen LogP contribution in [-0.4, -0.2) is 69.5 Å². The minimum absolute atomic E-state index is 0.0578. The van der Waals surface area contributed by atoms with Gasteiger partial charge in [0, 0.05) is 26.7 Å². The van der Waals surface area contributed by atoms with Crippen molar-refractivity contribution in [1.82, 2.24) is 10.2 Å². The molecule has 0 aliphatic carbocycles. The first-order valence-corrected chi connectivity index (χ1v) is 6.03. The van der Waals surface area contributed by atoms with Crippen molar-refractivity contribution in [1.29, 1.82) is 0 Å². The number of morpholine rings is 1. The highest BCUT2D eigenvalue weighted by molar-refractivity contribution is 5.81. The van der Waals surface area contributed by atoms with E-state index in [1.54, 1.807) is 0 Å². The zero-order valence-electron chi connectivity index (χ0n) is 10.6. The number of nitrogens with zero attached hydrogens (tertiary/aromatic N) is 1. The Labute approximate surface area is 102 Å². The topological polar surface area (TPSA) is 76.8 Å². The number of carbonyl (C=O) groups excluding carboxylic acids is 1. The molecular weight excluding hydrogens is 222 g/mol. The number of nitrogens with two attached hydrogens (primary N) is 1. The molecule has 2 unspecified atom stereocenters. The van der Waals surface area contributed by atoms with E-state index in [4.69, 9.17) is 15.2 Å². The summed E-state index contributed by atoms with van der Waals surface area (Å²) in [6, 6.07) is -0.606. The first-order chi connectivity index (χ1) is 8.17. The molecule has 1 fully saturated rings. The number of hydrogen-bond donors (Lipinski definition) is 2. The van der Waals surface area contributed by atoms with Gasteiger partial charge in [0.2, 0.25) is 5.91 Å². The van der Waals surface area contributed by atoms with E-state index >= 15 is 0 Å². The molecule has 0 aromatic heterocycles. The fourth-order valence-electron chi connectivity index (χ4n) is 1.79. The predicted molar refractivity (Wildman–Crippen MR) is 64.7 cm³/mol. The zero-order valence-corrected chi connectivity index (χ0v) is 10.6. The molecule has 3 N–H and O–H groups in total. The Morgan fingerprint density at radius 3 is 3.12 bits per heavy atom. The van der Waals surface area contributed by atoms with Crippen molar-refractivity contribution >= 4 is 5.91 Å². The third-order valence-corrected chi connectivity index (χ3v) is 2.86. The Hall–Kier alpha value is -0.690.